The third kappa shape index (κ3) is 3.31. The van der Waals surface area contributed by atoms with Gasteiger partial charge in [0.1, 0.15) is 5.01 Å². The molecule has 1 aromatic heterocycles. The number of thiazole rings is 1. The lowest BCUT2D eigenvalue weighted by atomic mass is 10.1. The Hall–Kier alpha value is -1.72. The fourth-order valence-electron chi connectivity index (χ4n) is 2.10. The summed E-state index contributed by atoms with van der Waals surface area (Å²) in [4.78, 5) is 17.6. The van der Waals surface area contributed by atoms with Gasteiger partial charge in [0.15, 0.2) is 0 Å². The summed E-state index contributed by atoms with van der Waals surface area (Å²) in [5.41, 5.74) is 0.665. The zero-order chi connectivity index (χ0) is 14.8. The lowest BCUT2D eigenvalue weighted by molar-refractivity contribution is 0.0951. The maximum absolute atomic E-state index is 12.2. The third-order valence-electron chi connectivity index (χ3n) is 3.13. The summed E-state index contributed by atoms with van der Waals surface area (Å²) in [5.74, 6) is -0.0762. The van der Waals surface area contributed by atoms with E-state index in [0.717, 1.165) is 25.1 Å². The van der Waals surface area contributed by atoms with Gasteiger partial charge in [-0.25, -0.2) is 4.98 Å². The largest absolute Gasteiger partial charge is 0.346 e. The van der Waals surface area contributed by atoms with Crippen LogP contribution in [0.5, 0.6) is 0 Å². The van der Waals surface area contributed by atoms with Crippen molar-refractivity contribution >= 4 is 43.9 Å². The Morgan fingerprint density at radius 2 is 2.00 bits per heavy atom. The van der Waals surface area contributed by atoms with Gasteiger partial charge in [0, 0.05) is 21.1 Å². The molecule has 0 atom stereocenters. The summed E-state index contributed by atoms with van der Waals surface area (Å²) in [6.07, 6.45) is 1.82. The number of amides is 1. The number of hydrogen-bond donors (Lipinski definition) is 1. The maximum atomic E-state index is 12.2. The lowest BCUT2D eigenvalue weighted by Gasteiger charge is -2.05. The summed E-state index contributed by atoms with van der Waals surface area (Å²) >= 11 is 5.05. The molecule has 0 aliphatic heterocycles. The number of rotatable bonds is 3. The van der Waals surface area contributed by atoms with Gasteiger partial charge in [0.05, 0.1) is 6.54 Å². The fraction of sp³-hybridized carbons (Fsp3) is 0.125. The van der Waals surface area contributed by atoms with Crippen LogP contribution in [0.3, 0.4) is 0 Å². The second kappa shape index (κ2) is 5.95. The molecule has 21 heavy (non-hydrogen) atoms. The molecule has 1 heterocycles. The Morgan fingerprint density at radius 1 is 1.24 bits per heavy atom. The highest BCUT2D eigenvalue weighted by atomic mass is 79.9. The van der Waals surface area contributed by atoms with Crippen LogP contribution in [-0.4, -0.2) is 10.9 Å². The Labute approximate surface area is 135 Å². The van der Waals surface area contributed by atoms with Crippen molar-refractivity contribution in [2.75, 3.05) is 0 Å². The predicted molar refractivity (Wildman–Crippen MR) is 89.7 cm³/mol. The molecule has 0 saturated carbocycles. The minimum Gasteiger partial charge on any atom is -0.346 e. The Bertz CT molecular complexity index is 813. The molecule has 0 fully saturated rings. The van der Waals surface area contributed by atoms with Crippen molar-refractivity contribution in [1.29, 1.82) is 0 Å². The number of hydrogen-bond acceptors (Lipinski definition) is 3. The molecule has 3 nitrogen and oxygen atoms in total. The Balaban J connectivity index is 1.76. The molecule has 1 amide bonds. The third-order valence-corrected chi connectivity index (χ3v) is 4.54. The lowest BCUT2D eigenvalue weighted by Crippen LogP contribution is -2.22. The summed E-state index contributed by atoms with van der Waals surface area (Å²) in [7, 11) is 0. The smallest absolute Gasteiger partial charge is 0.251 e. The van der Waals surface area contributed by atoms with E-state index in [1.54, 1.807) is 11.3 Å². The first-order valence-electron chi connectivity index (χ1n) is 6.51. The number of nitrogens with one attached hydrogen (secondary N) is 1. The molecule has 0 bridgehead atoms. The molecule has 0 unspecified atom stereocenters. The molecular weight excluding hydrogens is 348 g/mol. The Morgan fingerprint density at radius 3 is 2.76 bits per heavy atom. The van der Waals surface area contributed by atoms with Gasteiger partial charge in [-0.05, 0) is 42.0 Å². The number of carbonyl (C=O) groups is 1. The number of halogens is 1. The molecule has 0 radical (unpaired) electrons. The topological polar surface area (TPSA) is 42.0 Å². The molecule has 106 valence electrons. The van der Waals surface area contributed by atoms with Crippen LogP contribution in [0.15, 0.2) is 47.1 Å². The molecule has 0 saturated heterocycles. The van der Waals surface area contributed by atoms with Crippen LogP contribution < -0.4 is 5.32 Å². The van der Waals surface area contributed by atoms with Gasteiger partial charge in [-0.1, -0.05) is 28.1 Å². The van der Waals surface area contributed by atoms with Crippen LogP contribution in [-0.2, 0) is 6.54 Å². The maximum Gasteiger partial charge on any atom is 0.251 e. The van der Waals surface area contributed by atoms with Gasteiger partial charge in [-0.15, -0.1) is 11.3 Å². The quantitative estimate of drug-likeness (QED) is 0.756. The van der Waals surface area contributed by atoms with Gasteiger partial charge in [0.25, 0.3) is 5.91 Å². The van der Waals surface area contributed by atoms with E-state index in [0.29, 0.717) is 12.1 Å². The van der Waals surface area contributed by atoms with Crippen molar-refractivity contribution < 1.29 is 4.79 Å². The molecule has 0 aliphatic carbocycles. The van der Waals surface area contributed by atoms with E-state index in [-0.39, 0.29) is 5.91 Å². The van der Waals surface area contributed by atoms with Crippen LogP contribution in [0.1, 0.15) is 20.2 Å². The van der Waals surface area contributed by atoms with Gasteiger partial charge in [-0.3, -0.25) is 4.79 Å². The molecular formula is C16H13BrN2OS. The summed E-state index contributed by atoms with van der Waals surface area (Å²) in [6, 6.07) is 11.7. The van der Waals surface area contributed by atoms with E-state index in [1.807, 2.05) is 49.5 Å². The van der Waals surface area contributed by atoms with Crippen LogP contribution in [0.4, 0.5) is 0 Å². The molecule has 0 spiro atoms. The number of aryl methyl sites for hydroxylation is 1. The average Bonchev–Trinajstić information content (AvgIpc) is 2.90. The number of benzene rings is 2. The minimum atomic E-state index is -0.0762. The first kappa shape index (κ1) is 14.2. The molecule has 3 aromatic rings. The van der Waals surface area contributed by atoms with Crippen LogP contribution >= 0.6 is 27.3 Å². The van der Waals surface area contributed by atoms with Gasteiger partial charge >= 0.3 is 0 Å². The number of nitrogens with zero attached hydrogens (tertiary/aromatic N) is 1. The molecule has 0 aliphatic rings. The highest BCUT2D eigenvalue weighted by molar-refractivity contribution is 9.10. The van der Waals surface area contributed by atoms with E-state index in [2.05, 4.69) is 26.2 Å². The predicted octanol–water partition coefficient (Wildman–Crippen LogP) is 4.30. The van der Waals surface area contributed by atoms with Gasteiger partial charge < -0.3 is 5.32 Å². The standard InChI is InChI=1S/C16H13BrN2OS/c1-10-8-18-15(21-10)9-19-16(20)13-3-2-12-7-14(17)5-4-11(12)6-13/h2-8H,9H2,1H3,(H,19,20). The second-order valence-corrected chi connectivity index (χ2v) is 6.99. The van der Waals surface area contributed by atoms with Gasteiger partial charge in [0.2, 0.25) is 0 Å². The summed E-state index contributed by atoms with van der Waals surface area (Å²) in [6.45, 7) is 2.47. The minimum absolute atomic E-state index is 0.0762. The zero-order valence-corrected chi connectivity index (χ0v) is 13.8. The summed E-state index contributed by atoms with van der Waals surface area (Å²) in [5, 5.41) is 5.99. The summed E-state index contributed by atoms with van der Waals surface area (Å²) < 4.78 is 1.03. The zero-order valence-electron chi connectivity index (χ0n) is 11.4. The number of aromatic nitrogens is 1. The van der Waals surface area contributed by atoms with E-state index >= 15 is 0 Å². The average molecular weight is 361 g/mol. The van der Waals surface area contributed by atoms with E-state index < -0.39 is 0 Å². The van der Waals surface area contributed by atoms with Crippen molar-refractivity contribution in [2.45, 2.75) is 13.5 Å². The highest BCUT2D eigenvalue weighted by Crippen LogP contribution is 2.21. The van der Waals surface area contributed by atoms with Crippen molar-refractivity contribution in [3.8, 4) is 0 Å². The van der Waals surface area contributed by atoms with E-state index in [1.165, 1.54) is 0 Å². The van der Waals surface area contributed by atoms with Crippen LogP contribution in [0.25, 0.3) is 10.8 Å². The first-order chi connectivity index (χ1) is 10.1. The SMILES string of the molecule is Cc1cnc(CNC(=O)c2ccc3cc(Br)ccc3c2)s1. The number of carbonyl (C=O) groups excluding carboxylic acids is 1. The normalized spacial score (nSPS) is 10.8. The van der Waals surface area contributed by atoms with Crippen molar-refractivity contribution in [3.05, 3.63) is 62.5 Å². The number of fused-ring (bicyclic) bond motifs is 1. The Kier molecular flexibility index (Phi) is 4.03. The molecule has 2 aromatic carbocycles. The van der Waals surface area contributed by atoms with Gasteiger partial charge in [-0.2, -0.15) is 0 Å². The van der Waals surface area contributed by atoms with E-state index in [4.69, 9.17) is 0 Å². The fourth-order valence-corrected chi connectivity index (χ4v) is 3.20. The first-order valence-corrected chi connectivity index (χ1v) is 8.11. The monoisotopic (exact) mass is 360 g/mol. The molecule has 3 rings (SSSR count). The molecule has 1 N–H and O–H groups in total. The van der Waals surface area contributed by atoms with Crippen molar-refractivity contribution in [3.63, 3.8) is 0 Å². The molecule has 5 heteroatoms. The van der Waals surface area contributed by atoms with Crippen molar-refractivity contribution in [2.24, 2.45) is 0 Å². The van der Waals surface area contributed by atoms with E-state index in [9.17, 15) is 4.79 Å². The van der Waals surface area contributed by atoms with Crippen molar-refractivity contribution in [1.82, 2.24) is 10.3 Å². The van der Waals surface area contributed by atoms with Crippen LogP contribution in [0.2, 0.25) is 0 Å². The second-order valence-electron chi connectivity index (χ2n) is 4.75. The van der Waals surface area contributed by atoms with Crippen LogP contribution in [0, 0.1) is 6.92 Å². The highest BCUT2D eigenvalue weighted by Gasteiger charge is 2.07.